The minimum absolute atomic E-state index is 0.00163. The van der Waals surface area contributed by atoms with E-state index in [1.165, 1.54) is 33.8 Å². The molecule has 0 saturated carbocycles. The number of H-pyrrole nitrogens is 2. The van der Waals surface area contributed by atoms with E-state index in [2.05, 4.69) is 30.9 Å². The molecule has 3 heterocycles. The van der Waals surface area contributed by atoms with Crippen LogP contribution in [0.25, 0.3) is 0 Å². The number of anilines is 2. The van der Waals surface area contributed by atoms with E-state index in [-0.39, 0.29) is 62.5 Å². The predicted octanol–water partition coefficient (Wildman–Crippen LogP) is 0.911. The van der Waals surface area contributed by atoms with Crippen molar-refractivity contribution in [3.63, 3.8) is 0 Å². The summed E-state index contributed by atoms with van der Waals surface area (Å²) in [6.07, 6.45) is 4.28. The Kier molecular flexibility index (Phi) is 10.8. The molecule has 0 atom stereocenters. The molecule has 0 spiro atoms. The molecule has 0 saturated heterocycles. The van der Waals surface area contributed by atoms with Crippen molar-refractivity contribution in [2.75, 3.05) is 17.2 Å². The maximum Gasteiger partial charge on any atom is 0.328 e. The SMILES string of the molecule is Cc1cn(CCC(=O)NCCC(=O)Nc2cccc(C=Nc3ccc(NC(=O)CCn4cc(C)c(=O)[nH]c4=O)o3)c2)c(=O)[nH]c1=O. The average Bonchev–Trinajstić information content (AvgIpc) is 3.45. The molecule has 1 aromatic carbocycles. The maximum absolute atomic E-state index is 12.4. The molecule has 16 nitrogen and oxygen atoms in total. The van der Waals surface area contributed by atoms with E-state index in [9.17, 15) is 33.6 Å². The van der Waals surface area contributed by atoms with Crippen LogP contribution in [0.4, 0.5) is 17.5 Å². The molecule has 0 unspecified atom stereocenters. The summed E-state index contributed by atoms with van der Waals surface area (Å²) < 4.78 is 8.01. The Morgan fingerprint density at radius 1 is 0.804 bits per heavy atom. The van der Waals surface area contributed by atoms with Gasteiger partial charge in [-0.25, -0.2) is 14.6 Å². The molecular weight excluding hydrogens is 600 g/mol. The maximum atomic E-state index is 12.4. The predicted molar refractivity (Wildman–Crippen MR) is 169 cm³/mol. The Balaban J connectivity index is 1.20. The molecule has 240 valence electrons. The number of aromatic nitrogens is 4. The lowest BCUT2D eigenvalue weighted by molar-refractivity contribution is -0.121. The number of amides is 3. The fourth-order valence-corrected chi connectivity index (χ4v) is 4.14. The molecule has 0 bridgehead atoms. The van der Waals surface area contributed by atoms with Crippen LogP contribution in [0.2, 0.25) is 0 Å². The normalized spacial score (nSPS) is 11.0. The number of aliphatic imine (C=N–C) groups is 1. The van der Waals surface area contributed by atoms with Gasteiger partial charge in [0, 0.05) is 86.5 Å². The third kappa shape index (κ3) is 9.47. The Morgan fingerprint density at radius 2 is 1.41 bits per heavy atom. The van der Waals surface area contributed by atoms with E-state index >= 15 is 0 Å². The van der Waals surface area contributed by atoms with Gasteiger partial charge in [0.1, 0.15) is 0 Å². The van der Waals surface area contributed by atoms with Gasteiger partial charge in [-0.1, -0.05) is 12.1 Å². The molecule has 0 aliphatic rings. The van der Waals surface area contributed by atoms with Gasteiger partial charge >= 0.3 is 11.4 Å². The van der Waals surface area contributed by atoms with Crippen LogP contribution in [0.5, 0.6) is 0 Å². The number of hydrogen-bond acceptors (Lipinski definition) is 9. The third-order valence-electron chi connectivity index (χ3n) is 6.58. The monoisotopic (exact) mass is 632 g/mol. The largest absolute Gasteiger partial charge is 0.423 e. The van der Waals surface area contributed by atoms with Crippen molar-refractivity contribution in [1.82, 2.24) is 24.4 Å². The van der Waals surface area contributed by atoms with Gasteiger partial charge in [0.25, 0.3) is 11.1 Å². The van der Waals surface area contributed by atoms with Gasteiger partial charge in [0.15, 0.2) is 0 Å². The summed E-state index contributed by atoms with van der Waals surface area (Å²) in [4.78, 5) is 92.0. The van der Waals surface area contributed by atoms with Gasteiger partial charge in [-0.3, -0.25) is 48.4 Å². The minimum atomic E-state index is -0.599. The second-order valence-electron chi connectivity index (χ2n) is 10.2. The van der Waals surface area contributed by atoms with Crippen LogP contribution in [0.1, 0.15) is 36.0 Å². The summed E-state index contributed by atoms with van der Waals surface area (Å²) in [7, 11) is 0. The van der Waals surface area contributed by atoms with Crippen molar-refractivity contribution in [2.24, 2.45) is 4.99 Å². The summed E-state index contributed by atoms with van der Waals surface area (Å²) in [5.74, 6) is -0.695. The highest BCUT2D eigenvalue weighted by Gasteiger charge is 2.10. The van der Waals surface area contributed by atoms with Crippen molar-refractivity contribution >= 4 is 41.4 Å². The first-order valence-electron chi connectivity index (χ1n) is 14.2. The van der Waals surface area contributed by atoms with E-state index in [1.54, 1.807) is 44.2 Å². The third-order valence-corrected chi connectivity index (χ3v) is 6.58. The molecule has 4 rings (SSSR count). The zero-order valence-corrected chi connectivity index (χ0v) is 25.0. The Hall–Kier alpha value is -6.06. The van der Waals surface area contributed by atoms with Crippen molar-refractivity contribution in [1.29, 1.82) is 0 Å². The Bertz CT molecular complexity index is 2010. The van der Waals surface area contributed by atoms with Crippen molar-refractivity contribution in [3.8, 4) is 0 Å². The number of nitrogens with zero attached hydrogens (tertiary/aromatic N) is 3. The van der Waals surface area contributed by atoms with E-state index < -0.39 is 28.4 Å². The lowest BCUT2D eigenvalue weighted by Crippen LogP contribution is -2.33. The van der Waals surface area contributed by atoms with Crippen LogP contribution in [0.3, 0.4) is 0 Å². The lowest BCUT2D eigenvalue weighted by atomic mass is 10.2. The second kappa shape index (κ2) is 15.1. The van der Waals surface area contributed by atoms with Gasteiger partial charge in [-0.2, -0.15) is 0 Å². The number of carbonyl (C=O) groups is 3. The number of aryl methyl sites for hydroxylation is 4. The molecule has 4 aromatic rings. The number of furan rings is 1. The lowest BCUT2D eigenvalue weighted by Gasteiger charge is -2.08. The van der Waals surface area contributed by atoms with Crippen LogP contribution in [0, 0.1) is 13.8 Å². The topological polar surface area (TPSA) is 223 Å². The van der Waals surface area contributed by atoms with E-state index in [1.807, 2.05) is 0 Å². The summed E-state index contributed by atoms with van der Waals surface area (Å²) >= 11 is 0. The van der Waals surface area contributed by atoms with E-state index in [4.69, 9.17) is 4.42 Å². The van der Waals surface area contributed by atoms with Gasteiger partial charge in [0.05, 0.1) is 0 Å². The number of hydrogen-bond donors (Lipinski definition) is 5. The molecule has 0 aliphatic heterocycles. The number of nitrogens with one attached hydrogen (secondary N) is 5. The van der Waals surface area contributed by atoms with Gasteiger partial charge in [-0.15, -0.1) is 0 Å². The first-order valence-corrected chi connectivity index (χ1v) is 14.2. The zero-order chi connectivity index (χ0) is 33.2. The number of carbonyl (C=O) groups excluding carboxylic acids is 3. The van der Waals surface area contributed by atoms with Crippen LogP contribution in [-0.2, 0) is 27.5 Å². The molecule has 3 aromatic heterocycles. The summed E-state index contributed by atoms with van der Waals surface area (Å²) in [6, 6.07) is 9.96. The Labute approximate surface area is 260 Å². The van der Waals surface area contributed by atoms with Gasteiger partial charge in [0.2, 0.25) is 29.5 Å². The summed E-state index contributed by atoms with van der Waals surface area (Å²) in [5, 5.41) is 7.96. The molecule has 0 fully saturated rings. The molecule has 0 radical (unpaired) electrons. The summed E-state index contributed by atoms with van der Waals surface area (Å²) in [6.45, 7) is 3.36. The van der Waals surface area contributed by atoms with Crippen LogP contribution in [0.15, 0.2) is 77.4 Å². The van der Waals surface area contributed by atoms with E-state index in [0.29, 0.717) is 22.4 Å². The molecule has 5 N–H and O–H groups in total. The standard InChI is InChI=1S/C30H32N8O8/c1-18-16-37(29(44)35-27(18)42)12-9-22(39)31-11-8-23(40)33-21-5-3-4-20(14-21)15-32-25-6-7-26(46-25)34-24(41)10-13-38-17-19(2)28(43)36-30(38)45/h3-7,14-17H,8-13H2,1-2H3,(H,31,39)(H,33,40)(H,34,41)(H,35,42,44)(H,36,43,45). The first kappa shape index (κ1) is 32.8. The summed E-state index contributed by atoms with van der Waals surface area (Å²) in [5.41, 5.74) is -0.262. The number of benzene rings is 1. The van der Waals surface area contributed by atoms with Crippen LogP contribution in [-0.4, -0.2) is 49.6 Å². The molecule has 16 heteroatoms. The zero-order valence-electron chi connectivity index (χ0n) is 25.0. The van der Waals surface area contributed by atoms with Crippen molar-refractivity contribution in [3.05, 3.63) is 107 Å². The molecular formula is C30H32N8O8. The van der Waals surface area contributed by atoms with Crippen LogP contribution < -0.4 is 38.4 Å². The Morgan fingerprint density at radius 3 is 2.07 bits per heavy atom. The minimum Gasteiger partial charge on any atom is -0.423 e. The average molecular weight is 633 g/mol. The highest BCUT2D eigenvalue weighted by atomic mass is 16.4. The fraction of sp³-hybridized carbons (Fsp3) is 0.267. The highest BCUT2D eigenvalue weighted by Crippen LogP contribution is 2.21. The number of aromatic amines is 2. The van der Waals surface area contributed by atoms with Crippen molar-refractivity contribution < 1.29 is 18.8 Å². The second-order valence-corrected chi connectivity index (χ2v) is 10.2. The first-order chi connectivity index (χ1) is 22.0. The van der Waals surface area contributed by atoms with E-state index in [0.717, 1.165) is 0 Å². The quantitative estimate of drug-likeness (QED) is 0.133. The van der Waals surface area contributed by atoms with Crippen molar-refractivity contribution in [2.45, 2.75) is 46.2 Å². The molecule has 3 amide bonds. The highest BCUT2D eigenvalue weighted by molar-refractivity contribution is 5.93. The smallest absolute Gasteiger partial charge is 0.328 e. The molecule has 46 heavy (non-hydrogen) atoms. The fourth-order valence-electron chi connectivity index (χ4n) is 4.14. The number of rotatable bonds is 13. The van der Waals surface area contributed by atoms with Gasteiger partial charge in [-0.05, 0) is 31.5 Å². The van der Waals surface area contributed by atoms with Crippen LogP contribution >= 0.6 is 0 Å². The van der Waals surface area contributed by atoms with Gasteiger partial charge < -0.3 is 15.1 Å². The molecule has 0 aliphatic carbocycles.